The third kappa shape index (κ3) is 4.95. The van der Waals surface area contributed by atoms with Gasteiger partial charge in [-0.3, -0.25) is 9.36 Å². The number of nitrogens with zero attached hydrogens (tertiary/aromatic N) is 3. The zero-order valence-corrected chi connectivity index (χ0v) is 18.2. The number of allylic oxidation sites excluding steroid dienone is 1. The number of carbonyl (C=O) groups is 1. The zero-order chi connectivity index (χ0) is 21.5. The lowest BCUT2D eigenvalue weighted by Gasteiger charge is -2.11. The Morgan fingerprint density at radius 3 is 2.67 bits per heavy atom. The molecule has 0 aliphatic carbocycles. The van der Waals surface area contributed by atoms with E-state index in [0.717, 1.165) is 5.56 Å². The van der Waals surface area contributed by atoms with Crippen molar-refractivity contribution in [1.82, 2.24) is 14.8 Å². The number of rotatable bonds is 9. The Balaban J connectivity index is 1.72. The summed E-state index contributed by atoms with van der Waals surface area (Å²) in [6, 6.07) is 12.6. The highest BCUT2D eigenvalue weighted by Gasteiger charge is 2.17. The molecule has 1 heterocycles. The van der Waals surface area contributed by atoms with E-state index in [0.29, 0.717) is 39.7 Å². The van der Waals surface area contributed by atoms with Crippen molar-refractivity contribution in [2.75, 3.05) is 25.3 Å². The van der Waals surface area contributed by atoms with Gasteiger partial charge in [0.05, 0.1) is 25.0 Å². The van der Waals surface area contributed by atoms with Crippen LogP contribution in [0.2, 0.25) is 5.02 Å². The number of carbonyl (C=O) groups excluding carboxylic acids is 1. The molecule has 0 saturated heterocycles. The van der Waals surface area contributed by atoms with Crippen LogP contribution < -0.4 is 14.8 Å². The van der Waals surface area contributed by atoms with Crippen molar-refractivity contribution in [3.05, 3.63) is 60.1 Å². The van der Waals surface area contributed by atoms with Crippen LogP contribution in [0.3, 0.4) is 0 Å². The second-order valence-corrected chi connectivity index (χ2v) is 7.44. The Morgan fingerprint density at radius 2 is 1.97 bits per heavy atom. The van der Waals surface area contributed by atoms with Crippen molar-refractivity contribution in [2.24, 2.45) is 0 Å². The highest BCUT2D eigenvalue weighted by Crippen LogP contribution is 2.31. The van der Waals surface area contributed by atoms with E-state index in [4.69, 9.17) is 21.1 Å². The van der Waals surface area contributed by atoms with Crippen molar-refractivity contribution in [3.8, 4) is 22.9 Å². The highest BCUT2D eigenvalue weighted by atomic mass is 35.5. The molecule has 3 rings (SSSR count). The first-order chi connectivity index (χ1) is 14.6. The number of amides is 1. The first kappa shape index (κ1) is 21.7. The molecule has 0 aliphatic heterocycles. The minimum atomic E-state index is -0.181. The fraction of sp³-hybridized carbons (Fsp3) is 0.190. The van der Waals surface area contributed by atoms with Gasteiger partial charge < -0.3 is 14.8 Å². The summed E-state index contributed by atoms with van der Waals surface area (Å²) in [6.45, 7) is 4.29. The first-order valence-electron chi connectivity index (χ1n) is 9.01. The van der Waals surface area contributed by atoms with Crippen LogP contribution in [-0.4, -0.2) is 40.6 Å². The van der Waals surface area contributed by atoms with Gasteiger partial charge in [-0.05, 0) is 24.3 Å². The average molecular weight is 445 g/mol. The summed E-state index contributed by atoms with van der Waals surface area (Å²) >= 11 is 7.59. The van der Waals surface area contributed by atoms with Gasteiger partial charge >= 0.3 is 0 Å². The number of halogens is 1. The fourth-order valence-corrected chi connectivity index (χ4v) is 3.74. The molecule has 0 unspecified atom stereocenters. The molecule has 0 aliphatic rings. The van der Waals surface area contributed by atoms with Crippen molar-refractivity contribution in [2.45, 2.75) is 11.7 Å². The SMILES string of the molecule is C=CCn1c(SCC(=O)Nc2ccc(OC)c(OC)c2)nnc1-c1ccccc1Cl. The van der Waals surface area contributed by atoms with Crippen molar-refractivity contribution in [1.29, 1.82) is 0 Å². The van der Waals surface area contributed by atoms with E-state index < -0.39 is 0 Å². The van der Waals surface area contributed by atoms with Gasteiger partial charge in [-0.1, -0.05) is 41.6 Å². The summed E-state index contributed by atoms with van der Waals surface area (Å²) in [6.07, 6.45) is 1.75. The van der Waals surface area contributed by atoms with Crippen molar-refractivity contribution in [3.63, 3.8) is 0 Å². The summed E-state index contributed by atoms with van der Waals surface area (Å²) in [5.74, 6) is 1.74. The van der Waals surface area contributed by atoms with Gasteiger partial charge in [-0.15, -0.1) is 16.8 Å². The average Bonchev–Trinajstić information content (AvgIpc) is 3.15. The quantitative estimate of drug-likeness (QED) is 0.386. The number of aromatic nitrogens is 3. The number of methoxy groups -OCH3 is 2. The Kier molecular flexibility index (Phi) is 7.37. The Morgan fingerprint density at radius 1 is 1.20 bits per heavy atom. The Hall–Kier alpha value is -2.97. The third-order valence-electron chi connectivity index (χ3n) is 4.14. The van der Waals surface area contributed by atoms with Gasteiger partial charge in [0.25, 0.3) is 0 Å². The molecule has 1 aromatic heterocycles. The molecule has 9 heteroatoms. The second-order valence-electron chi connectivity index (χ2n) is 6.09. The minimum Gasteiger partial charge on any atom is -0.493 e. The zero-order valence-electron chi connectivity index (χ0n) is 16.6. The monoisotopic (exact) mass is 444 g/mol. The molecule has 0 bridgehead atoms. The van der Waals surface area contributed by atoms with Crippen LogP contribution in [0.5, 0.6) is 11.5 Å². The second kappa shape index (κ2) is 10.2. The molecule has 1 amide bonds. The maximum absolute atomic E-state index is 12.4. The maximum atomic E-state index is 12.4. The van der Waals surface area contributed by atoms with Gasteiger partial charge in [-0.2, -0.15) is 0 Å². The number of hydrogen-bond donors (Lipinski definition) is 1. The van der Waals surface area contributed by atoms with Gasteiger partial charge in [0.2, 0.25) is 5.91 Å². The van der Waals surface area contributed by atoms with E-state index in [9.17, 15) is 4.79 Å². The lowest BCUT2D eigenvalue weighted by Crippen LogP contribution is -2.14. The largest absolute Gasteiger partial charge is 0.493 e. The fourth-order valence-electron chi connectivity index (χ4n) is 2.77. The summed E-state index contributed by atoms with van der Waals surface area (Å²) in [7, 11) is 3.10. The molecule has 0 saturated carbocycles. The molecule has 0 radical (unpaired) electrons. The van der Waals surface area contributed by atoms with Gasteiger partial charge in [0, 0.05) is 23.9 Å². The molecule has 2 aromatic carbocycles. The molecule has 0 fully saturated rings. The molecular formula is C21H21ClN4O3S. The smallest absolute Gasteiger partial charge is 0.234 e. The van der Waals surface area contributed by atoms with Crippen molar-refractivity contribution >= 4 is 35.0 Å². The van der Waals surface area contributed by atoms with Gasteiger partial charge in [0.15, 0.2) is 22.5 Å². The third-order valence-corrected chi connectivity index (χ3v) is 5.44. The van der Waals surface area contributed by atoms with E-state index >= 15 is 0 Å². The minimum absolute atomic E-state index is 0.159. The summed E-state index contributed by atoms with van der Waals surface area (Å²) in [5, 5.41) is 12.5. The lowest BCUT2D eigenvalue weighted by atomic mass is 10.2. The maximum Gasteiger partial charge on any atom is 0.234 e. The summed E-state index contributed by atoms with van der Waals surface area (Å²) < 4.78 is 12.3. The number of thioether (sulfide) groups is 1. The Bertz CT molecular complexity index is 1050. The predicted molar refractivity (Wildman–Crippen MR) is 120 cm³/mol. The number of ether oxygens (including phenoxy) is 2. The molecule has 1 N–H and O–H groups in total. The van der Waals surface area contributed by atoms with Crippen LogP contribution in [0.4, 0.5) is 5.69 Å². The van der Waals surface area contributed by atoms with Crippen LogP contribution in [0.1, 0.15) is 0 Å². The van der Waals surface area contributed by atoms with Crippen LogP contribution in [0, 0.1) is 0 Å². The number of nitrogens with one attached hydrogen (secondary N) is 1. The standard InChI is InChI=1S/C21H21ClN4O3S/c1-4-11-26-20(15-7-5-6-8-16(15)22)24-25-21(26)30-13-19(27)23-14-9-10-17(28-2)18(12-14)29-3/h4-10,12H,1,11,13H2,2-3H3,(H,23,27). The van der Waals surface area contributed by atoms with Gasteiger partial charge in [-0.25, -0.2) is 0 Å². The molecule has 156 valence electrons. The van der Waals surface area contributed by atoms with Gasteiger partial charge in [0.1, 0.15) is 0 Å². The topological polar surface area (TPSA) is 78.3 Å². The Labute approximate surface area is 184 Å². The van der Waals surface area contributed by atoms with Crippen LogP contribution >= 0.6 is 23.4 Å². The van der Waals surface area contributed by atoms with E-state index in [1.54, 1.807) is 44.6 Å². The van der Waals surface area contributed by atoms with E-state index in [1.165, 1.54) is 11.8 Å². The summed E-state index contributed by atoms with van der Waals surface area (Å²) in [5.41, 5.74) is 1.39. The van der Waals surface area contributed by atoms with Crippen LogP contribution in [-0.2, 0) is 11.3 Å². The molecule has 30 heavy (non-hydrogen) atoms. The molecular weight excluding hydrogens is 424 g/mol. The molecule has 0 spiro atoms. The summed E-state index contributed by atoms with van der Waals surface area (Å²) in [4.78, 5) is 12.4. The van der Waals surface area contributed by atoms with E-state index in [2.05, 4.69) is 22.1 Å². The molecule has 3 aromatic rings. The number of benzene rings is 2. The van der Waals surface area contributed by atoms with Crippen LogP contribution in [0.15, 0.2) is 60.3 Å². The molecule has 7 nitrogen and oxygen atoms in total. The highest BCUT2D eigenvalue weighted by molar-refractivity contribution is 7.99. The van der Waals surface area contributed by atoms with Crippen LogP contribution in [0.25, 0.3) is 11.4 Å². The van der Waals surface area contributed by atoms with Crippen molar-refractivity contribution < 1.29 is 14.3 Å². The predicted octanol–water partition coefficient (Wildman–Crippen LogP) is 4.53. The number of hydrogen-bond acceptors (Lipinski definition) is 6. The molecule has 0 atom stereocenters. The van der Waals surface area contributed by atoms with E-state index in [-0.39, 0.29) is 11.7 Å². The number of anilines is 1. The first-order valence-corrected chi connectivity index (χ1v) is 10.4. The van der Waals surface area contributed by atoms with E-state index in [1.807, 2.05) is 22.8 Å². The normalized spacial score (nSPS) is 10.5. The lowest BCUT2D eigenvalue weighted by molar-refractivity contribution is -0.113.